The Balaban J connectivity index is 2.36. The van der Waals surface area contributed by atoms with E-state index in [0.717, 1.165) is 33.9 Å². The minimum Gasteiger partial charge on any atom is -0.334 e. The number of amides is 1. The summed E-state index contributed by atoms with van der Waals surface area (Å²) < 4.78 is 2.00. The van der Waals surface area contributed by atoms with Crippen LogP contribution in [0.1, 0.15) is 37.8 Å². The lowest BCUT2D eigenvalue weighted by Crippen LogP contribution is -2.49. The molecule has 3 nitrogen and oxygen atoms in total. The van der Waals surface area contributed by atoms with Gasteiger partial charge < -0.3 is 10.6 Å². The van der Waals surface area contributed by atoms with Gasteiger partial charge in [-0.15, -0.1) is 0 Å². The van der Waals surface area contributed by atoms with Crippen molar-refractivity contribution >= 4 is 37.8 Å². The first-order chi connectivity index (χ1) is 9.04. The Morgan fingerprint density at radius 1 is 1.37 bits per heavy atom. The maximum Gasteiger partial charge on any atom is 0.223 e. The van der Waals surface area contributed by atoms with Gasteiger partial charge in [0.2, 0.25) is 5.91 Å². The van der Waals surface area contributed by atoms with Crippen molar-refractivity contribution in [1.29, 1.82) is 0 Å². The van der Waals surface area contributed by atoms with Gasteiger partial charge in [-0.25, -0.2) is 0 Å². The van der Waals surface area contributed by atoms with E-state index < -0.39 is 0 Å². The van der Waals surface area contributed by atoms with Gasteiger partial charge in [-0.1, -0.05) is 13.0 Å². The number of piperidine rings is 1. The number of nitrogens with two attached hydrogens (primary N) is 1. The first kappa shape index (κ1) is 15.0. The Kier molecular flexibility index (Phi) is 5.03. The van der Waals surface area contributed by atoms with Crippen LogP contribution in [0.2, 0.25) is 0 Å². The standard InChI is InChI=1S/C14H18Br2N2O/c1-2-7-18-13(19)6-5-12(17)14(18)9-3-4-10(15)11(16)8-9/h3-4,8,12,14H,2,5-7,17H2,1H3. The lowest BCUT2D eigenvalue weighted by atomic mass is 9.90. The van der Waals surface area contributed by atoms with Gasteiger partial charge in [0.05, 0.1) is 6.04 Å². The Morgan fingerprint density at radius 2 is 2.11 bits per heavy atom. The van der Waals surface area contributed by atoms with Crippen LogP contribution in [0, 0.1) is 0 Å². The van der Waals surface area contributed by atoms with Crippen LogP contribution in [0.15, 0.2) is 27.1 Å². The molecule has 0 aromatic heterocycles. The van der Waals surface area contributed by atoms with Crippen LogP contribution in [0.25, 0.3) is 0 Å². The molecule has 1 aliphatic rings. The van der Waals surface area contributed by atoms with Crippen molar-refractivity contribution in [3.05, 3.63) is 32.7 Å². The van der Waals surface area contributed by atoms with Crippen LogP contribution in [0.3, 0.4) is 0 Å². The first-order valence-electron chi connectivity index (χ1n) is 6.54. The average molecular weight is 390 g/mol. The van der Waals surface area contributed by atoms with E-state index >= 15 is 0 Å². The highest BCUT2D eigenvalue weighted by Gasteiger charge is 2.34. The summed E-state index contributed by atoms with van der Waals surface area (Å²) in [5.41, 5.74) is 7.36. The Morgan fingerprint density at radius 3 is 2.74 bits per heavy atom. The molecule has 0 radical (unpaired) electrons. The number of hydrogen-bond donors (Lipinski definition) is 1. The lowest BCUT2D eigenvalue weighted by molar-refractivity contribution is -0.137. The summed E-state index contributed by atoms with van der Waals surface area (Å²) in [5, 5.41) is 0. The number of likely N-dealkylation sites (tertiary alicyclic amines) is 1. The average Bonchev–Trinajstić information content (AvgIpc) is 2.38. The number of halogens is 2. The second-order valence-electron chi connectivity index (χ2n) is 4.91. The molecule has 1 fully saturated rings. The highest BCUT2D eigenvalue weighted by molar-refractivity contribution is 9.13. The molecule has 0 aliphatic carbocycles. The second-order valence-corrected chi connectivity index (χ2v) is 6.62. The predicted octanol–water partition coefficient (Wildman–Crippen LogP) is 3.61. The molecule has 2 rings (SSSR count). The van der Waals surface area contributed by atoms with E-state index in [0.29, 0.717) is 6.42 Å². The summed E-state index contributed by atoms with van der Waals surface area (Å²) in [6.07, 6.45) is 2.28. The Bertz CT molecular complexity index is 479. The summed E-state index contributed by atoms with van der Waals surface area (Å²) >= 11 is 6.98. The van der Waals surface area contributed by atoms with Crippen LogP contribution < -0.4 is 5.73 Å². The third kappa shape index (κ3) is 3.20. The first-order valence-corrected chi connectivity index (χ1v) is 8.13. The summed E-state index contributed by atoms with van der Waals surface area (Å²) in [6, 6.07) is 6.09. The molecule has 2 atom stereocenters. The van der Waals surface area contributed by atoms with Gasteiger partial charge in [-0.2, -0.15) is 0 Å². The molecular formula is C14H18Br2N2O. The van der Waals surface area contributed by atoms with Crippen molar-refractivity contribution in [1.82, 2.24) is 4.90 Å². The van der Waals surface area contributed by atoms with Crippen molar-refractivity contribution < 1.29 is 4.79 Å². The molecule has 19 heavy (non-hydrogen) atoms. The summed E-state index contributed by atoms with van der Waals surface area (Å²) in [6.45, 7) is 2.85. The molecule has 2 unspecified atom stereocenters. The fourth-order valence-electron chi connectivity index (χ4n) is 2.61. The zero-order chi connectivity index (χ0) is 14.0. The molecule has 5 heteroatoms. The molecule has 1 amide bonds. The topological polar surface area (TPSA) is 46.3 Å². The van der Waals surface area contributed by atoms with Crippen LogP contribution >= 0.6 is 31.9 Å². The largest absolute Gasteiger partial charge is 0.334 e. The maximum atomic E-state index is 12.1. The molecule has 0 saturated carbocycles. The van der Waals surface area contributed by atoms with Gasteiger partial charge in [0.15, 0.2) is 0 Å². The van der Waals surface area contributed by atoms with Crippen molar-refractivity contribution in [3.63, 3.8) is 0 Å². The van der Waals surface area contributed by atoms with Crippen molar-refractivity contribution in [2.24, 2.45) is 5.73 Å². The van der Waals surface area contributed by atoms with Gasteiger partial charge in [0.25, 0.3) is 0 Å². The molecule has 1 aliphatic heterocycles. The summed E-state index contributed by atoms with van der Waals surface area (Å²) in [5.74, 6) is 0.215. The normalized spacial score (nSPS) is 23.8. The van der Waals surface area contributed by atoms with Crippen LogP contribution in [-0.2, 0) is 4.79 Å². The number of nitrogens with zero attached hydrogens (tertiary/aromatic N) is 1. The highest BCUT2D eigenvalue weighted by atomic mass is 79.9. The molecule has 1 aromatic carbocycles. The predicted molar refractivity (Wildman–Crippen MR) is 83.8 cm³/mol. The number of hydrogen-bond acceptors (Lipinski definition) is 2. The zero-order valence-electron chi connectivity index (χ0n) is 10.9. The highest BCUT2D eigenvalue weighted by Crippen LogP contribution is 2.34. The van der Waals surface area contributed by atoms with Crippen LogP contribution in [0.4, 0.5) is 0 Å². The van der Waals surface area contributed by atoms with Gasteiger partial charge in [0, 0.05) is 28.0 Å². The molecule has 1 aromatic rings. The lowest BCUT2D eigenvalue weighted by Gasteiger charge is -2.40. The second kappa shape index (κ2) is 6.37. The fraction of sp³-hybridized carbons (Fsp3) is 0.500. The van der Waals surface area contributed by atoms with E-state index in [2.05, 4.69) is 44.8 Å². The molecule has 2 N–H and O–H groups in total. The van der Waals surface area contributed by atoms with E-state index in [-0.39, 0.29) is 18.0 Å². The SMILES string of the molecule is CCCN1C(=O)CCC(N)C1c1ccc(Br)c(Br)c1. The molecular weight excluding hydrogens is 372 g/mol. The Labute approximate surface area is 130 Å². The zero-order valence-corrected chi connectivity index (χ0v) is 14.1. The van der Waals surface area contributed by atoms with E-state index in [9.17, 15) is 4.79 Å². The third-order valence-corrected chi connectivity index (χ3v) is 5.38. The minimum atomic E-state index is -0.00870. The monoisotopic (exact) mass is 388 g/mol. The molecule has 104 valence electrons. The van der Waals surface area contributed by atoms with Gasteiger partial charge in [0.1, 0.15) is 0 Å². The number of carbonyl (C=O) groups excluding carboxylic acids is 1. The molecule has 0 spiro atoms. The summed E-state index contributed by atoms with van der Waals surface area (Å²) in [4.78, 5) is 14.0. The quantitative estimate of drug-likeness (QED) is 0.858. The fourth-order valence-corrected chi connectivity index (χ4v) is 3.25. The third-order valence-electron chi connectivity index (χ3n) is 3.50. The number of carbonyl (C=O) groups is 1. The van der Waals surface area contributed by atoms with E-state index in [1.807, 2.05) is 17.0 Å². The summed E-state index contributed by atoms with van der Waals surface area (Å²) in [7, 11) is 0. The molecule has 1 saturated heterocycles. The Hall–Kier alpha value is -0.390. The van der Waals surface area contributed by atoms with Crippen molar-refractivity contribution in [2.45, 2.75) is 38.3 Å². The minimum absolute atomic E-state index is 0.00870. The number of benzene rings is 1. The maximum absolute atomic E-state index is 12.1. The van der Waals surface area contributed by atoms with Crippen molar-refractivity contribution in [3.8, 4) is 0 Å². The van der Waals surface area contributed by atoms with E-state index in [1.165, 1.54) is 0 Å². The van der Waals surface area contributed by atoms with Crippen molar-refractivity contribution in [2.75, 3.05) is 6.54 Å². The van der Waals surface area contributed by atoms with Gasteiger partial charge in [-0.3, -0.25) is 4.79 Å². The smallest absolute Gasteiger partial charge is 0.223 e. The molecule has 1 heterocycles. The van der Waals surface area contributed by atoms with Crippen LogP contribution in [0.5, 0.6) is 0 Å². The molecule has 0 bridgehead atoms. The van der Waals surface area contributed by atoms with E-state index in [1.54, 1.807) is 0 Å². The number of rotatable bonds is 3. The van der Waals surface area contributed by atoms with E-state index in [4.69, 9.17) is 5.73 Å². The van der Waals surface area contributed by atoms with Crippen LogP contribution in [-0.4, -0.2) is 23.4 Å². The van der Waals surface area contributed by atoms with Gasteiger partial charge >= 0.3 is 0 Å². The van der Waals surface area contributed by atoms with Gasteiger partial charge in [-0.05, 0) is 62.4 Å².